The first-order valence-corrected chi connectivity index (χ1v) is 3.50. The SMILES string of the molecule is COc1cnc(-n2nccn2)nn1. The third kappa shape index (κ3) is 1.43. The van der Waals surface area contributed by atoms with Gasteiger partial charge in [0.25, 0.3) is 11.8 Å². The Balaban J connectivity index is 2.33. The number of hydrogen-bond donors (Lipinski definition) is 0. The van der Waals surface area contributed by atoms with Crippen molar-refractivity contribution in [3.8, 4) is 11.8 Å². The Morgan fingerprint density at radius 3 is 2.54 bits per heavy atom. The van der Waals surface area contributed by atoms with Gasteiger partial charge in [-0.1, -0.05) is 0 Å². The summed E-state index contributed by atoms with van der Waals surface area (Å²) in [5.74, 6) is 0.668. The molecule has 0 unspecified atom stereocenters. The van der Waals surface area contributed by atoms with Crippen molar-refractivity contribution in [2.24, 2.45) is 0 Å². The first kappa shape index (κ1) is 7.59. The van der Waals surface area contributed by atoms with E-state index in [1.54, 1.807) is 0 Å². The topological polar surface area (TPSA) is 78.6 Å². The van der Waals surface area contributed by atoms with Crippen molar-refractivity contribution in [2.45, 2.75) is 0 Å². The van der Waals surface area contributed by atoms with Gasteiger partial charge in [0, 0.05) is 0 Å². The maximum absolute atomic E-state index is 4.80. The number of aromatic nitrogens is 6. The summed E-state index contributed by atoms with van der Waals surface area (Å²) in [5.41, 5.74) is 0. The van der Waals surface area contributed by atoms with Gasteiger partial charge in [0.2, 0.25) is 0 Å². The lowest BCUT2D eigenvalue weighted by molar-refractivity contribution is 0.387. The van der Waals surface area contributed by atoms with Crippen molar-refractivity contribution >= 4 is 0 Å². The molecule has 0 radical (unpaired) electrons. The summed E-state index contributed by atoms with van der Waals surface area (Å²) in [5, 5.41) is 15.1. The minimum absolute atomic E-state index is 0.311. The Kier molecular flexibility index (Phi) is 1.83. The van der Waals surface area contributed by atoms with Crippen LogP contribution in [0.1, 0.15) is 0 Å². The van der Waals surface area contributed by atoms with Gasteiger partial charge in [-0.15, -0.1) is 15.0 Å². The highest BCUT2D eigenvalue weighted by Crippen LogP contribution is 2.00. The van der Waals surface area contributed by atoms with E-state index in [9.17, 15) is 0 Å². The third-order valence-corrected chi connectivity index (χ3v) is 1.34. The van der Waals surface area contributed by atoms with Crippen LogP contribution in [-0.2, 0) is 0 Å². The number of rotatable bonds is 2. The highest BCUT2D eigenvalue weighted by Gasteiger charge is 2.01. The van der Waals surface area contributed by atoms with E-state index in [-0.39, 0.29) is 0 Å². The summed E-state index contributed by atoms with van der Waals surface area (Å²) in [7, 11) is 1.50. The second-order valence-corrected chi connectivity index (χ2v) is 2.12. The van der Waals surface area contributed by atoms with Gasteiger partial charge in [0.05, 0.1) is 25.7 Å². The van der Waals surface area contributed by atoms with E-state index in [4.69, 9.17) is 4.74 Å². The van der Waals surface area contributed by atoms with Gasteiger partial charge >= 0.3 is 0 Å². The third-order valence-electron chi connectivity index (χ3n) is 1.34. The van der Waals surface area contributed by atoms with Crippen LogP contribution >= 0.6 is 0 Å². The molecule has 0 aliphatic rings. The lowest BCUT2D eigenvalue weighted by Gasteiger charge is -1.97. The van der Waals surface area contributed by atoms with E-state index in [0.717, 1.165) is 0 Å². The lowest BCUT2D eigenvalue weighted by atomic mass is 10.8. The molecule has 0 N–H and O–H groups in total. The summed E-state index contributed by atoms with van der Waals surface area (Å²) < 4.78 is 4.80. The minimum Gasteiger partial charge on any atom is -0.479 e. The molecule has 2 rings (SSSR count). The predicted octanol–water partition coefficient (Wildman–Crippen LogP) is -0.539. The summed E-state index contributed by atoms with van der Waals surface area (Å²) in [6, 6.07) is 0. The summed E-state index contributed by atoms with van der Waals surface area (Å²) in [4.78, 5) is 5.20. The van der Waals surface area contributed by atoms with Crippen LogP contribution in [0.25, 0.3) is 5.95 Å². The highest BCUT2D eigenvalue weighted by atomic mass is 16.5. The van der Waals surface area contributed by atoms with Crippen LogP contribution in [0.5, 0.6) is 5.88 Å². The van der Waals surface area contributed by atoms with E-state index >= 15 is 0 Å². The number of ether oxygens (including phenoxy) is 1. The van der Waals surface area contributed by atoms with Crippen molar-refractivity contribution in [2.75, 3.05) is 7.11 Å². The van der Waals surface area contributed by atoms with Crippen LogP contribution in [0, 0.1) is 0 Å². The highest BCUT2D eigenvalue weighted by molar-refractivity contribution is 5.07. The average Bonchev–Trinajstić information content (AvgIpc) is 2.71. The smallest absolute Gasteiger partial charge is 0.287 e. The molecule has 0 saturated carbocycles. The second-order valence-electron chi connectivity index (χ2n) is 2.12. The Hall–Kier alpha value is -2.05. The normalized spacial score (nSPS) is 9.92. The van der Waals surface area contributed by atoms with E-state index in [0.29, 0.717) is 11.8 Å². The monoisotopic (exact) mass is 178 g/mol. The standard InChI is InChI=1S/C6H6N6O/c1-13-5-4-7-6(11-10-5)12-8-2-3-9-12/h2-4H,1H3. The summed E-state index contributed by atoms with van der Waals surface area (Å²) >= 11 is 0. The molecule has 0 atom stereocenters. The van der Waals surface area contributed by atoms with Crippen LogP contribution in [0.15, 0.2) is 18.6 Å². The quantitative estimate of drug-likeness (QED) is 0.614. The molecule has 13 heavy (non-hydrogen) atoms. The van der Waals surface area contributed by atoms with Crippen LogP contribution < -0.4 is 4.74 Å². The first-order valence-electron chi connectivity index (χ1n) is 3.50. The molecule has 7 heteroatoms. The van der Waals surface area contributed by atoms with Crippen molar-refractivity contribution in [1.29, 1.82) is 0 Å². The lowest BCUT2D eigenvalue weighted by Crippen LogP contribution is -2.06. The molecule has 0 amide bonds. The molecule has 0 fully saturated rings. The van der Waals surface area contributed by atoms with Crippen LogP contribution in [0.3, 0.4) is 0 Å². The molecular weight excluding hydrogens is 172 g/mol. The predicted molar refractivity (Wildman–Crippen MR) is 41.3 cm³/mol. The first-order chi connectivity index (χ1) is 6.40. The Morgan fingerprint density at radius 1 is 1.23 bits per heavy atom. The molecule has 0 saturated heterocycles. The zero-order chi connectivity index (χ0) is 9.10. The van der Waals surface area contributed by atoms with Gasteiger partial charge in [-0.3, -0.25) is 0 Å². The maximum Gasteiger partial charge on any atom is 0.287 e. The zero-order valence-electron chi connectivity index (χ0n) is 6.82. The molecule has 0 spiro atoms. The largest absolute Gasteiger partial charge is 0.479 e. The average molecular weight is 178 g/mol. The molecule has 0 aromatic carbocycles. The van der Waals surface area contributed by atoms with Crippen LogP contribution in [0.4, 0.5) is 0 Å². The fourth-order valence-electron chi connectivity index (χ4n) is 0.763. The molecule has 0 aliphatic carbocycles. The minimum atomic E-state index is 0.311. The number of methoxy groups -OCH3 is 1. The molecule has 0 bridgehead atoms. The molecular formula is C6H6N6O. The molecule has 7 nitrogen and oxygen atoms in total. The summed E-state index contributed by atoms with van der Waals surface area (Å²) in [6.07, 6.45) is 4.52. The fraction of sp³-hybridized carbons (Fsp3) is 0.167. The molecule has 0 aliphatic heterocycles. The Bertz CT molecular complexity index is 369. The zero-order valence-corrected chi connectivity index (χ0v) is 6.82. The van der Waals surface area contributed by atoms with Crippen molar-refractivity contribution in [3.05, 3.63) is 18.6 Å². The number of nitrogens with zero attached hydrogens (tertiary/aromatic N) is 6. The molecule has 2 aromatic rings. The van der Waals surface area contributed by atoms with Crippen molar-refractivity contribution < 1.29 is 4.74 Å². The van der Waals surface area contributed by atoms with E-state index < -0.39 is 0 Å². The van der Waals surface area contributed by atoms with Gasteiger partial charge < -0.3 is 4.74 Å². The number of hydrogen-bond acceptors (Lipinski definition) is 6. The van der Waals surface area contributed by atoms with E-state index in [1.165, 1.54) is 30.5 Å². The van der Waals surface area contributed by atoms with Gasteiger partial charge in [-0.25, -0.2) is 4.98 Å². The Morgan fingerprint density at radius 2 is 2.00 bits per heavy atom. The van der Waals surface area contributed by atoms with Crippen molar-refractivity contribution in [3.63, 3.8) is 0 Å². The van der Waals surface area contributed by atoms with E-state index in [2.05, 4.69) is 25.4 Å². The van der Waals surface area contributed by atoms with Crippen molar-refractivity contribution in [1.82, 2.24) is 30.2 Å². The van der Waals surface area contributed by atoms with Gasteiger partial charge in [-0.2, -0.15) is 10.2 Å². The molecule has 2 aromatic heterocycles. The molecule has 2 heterocycles. The van der Waals surface area contributed by atoms with Gasteiger partial charge in [0.15, 0.2) is 0 Å². The van der Waals surface area contributed by atoms with Gasteiger partial charge in [-0.05, 0) is 0 Å². The fourth-order valence-corrected chi connectivity index (χ4v) is 0.763. The summed E-state index contributed by atoms with van der Waals surface area (Å²) in [6.45, 7) is 0. The Labute approximate surface area is 73.4 Å². The van der Waals surface area contributed by atoms with Gasteiger partial charge in [0.1, 0.15) is 0 Å². The molecule has 66 valence electrons. The van der Waals surface area contributed by atoms with E-state index in [1.807, 2.05) is 0 Å². The van der Waals surface area contributed by atoms with Crippen LogP contribution in [-0.4, -0.2) is 37.3 Å². The van der Waals surface area contributed by atoms with Crippen LogP contribution in [0.2, 0.25) is 0 Å². The second kappa shape index (κ2) is 3.13. The maximum atomic E-state index is 4.80.